The summed E-state index contributed by atoms with van der Waals surface area (Å²) in [6.45, 7) is 1.47. The Morgan fingerprint density at radius 2 is 1.89 bits per heavy atom. The topological polar surface area (TPSA) is 108 Å². The van der Waals surface area contributed by atoms with Crippen molar-refractivity contribution >= 4 is 11.0 Å². The summed E-state index contributed by atoms with van der Waals surface area (Å²) in [4.78, 5) is 0.564. The van der Waals surface area contributed by atoms with E-state index in [4.69, 9.17) is 20.7 Å². The highest BCUT2D eigenvalue weighted by Gasteiger charge is 2.27. The molecule has 27 heavy (non-hydrogen) atoms. The van der Waals surface area contributed by atoms with Crippen LogP contribution in [0.3, 0.4) is 0 Å². The molecule has 0 saturated carbocycles. The zero-order chi connectivity index (χ0) is 19.8. The number of benzene rings is 2. The first-order chi connectivity index (χ1) is 13.0. The summed E-state index contributed by atoms with van der Waals surface area (Å²) in [5.41, 5.74) is 0.399. The SMILES string of the molecule is N#Cc1ccc(O)cc1F.N#Cc1ccccc1S(=O)N1CCC(CO)C1. The van der Waals surface area contributed by atoms with E-state index in [0.29, 0.717) is 23.5 Å². The molecular weight excluding hydrogens is 369 g/mol. The van der Waals surface area contributed by atoms with Crippen LogP contribution in [0.15, 0.2) is 47.4 Å². The maximum absolute atomic E-state index is 12.5. The third-order valence-corrected chi connectivity index (χ3v) is 5.54. The Bertz CT molecular complexity index is 908. The average molecular weight is 387 g/mol. The number of phenolic OH excluding ortho intramolecular Hbond substituents is 1. The van der Waals surface area contributed by atoms with E-state index in [0.717, 1.165) is 12.5 Å². The van der Waals surface area contributed by atoms with Gasteiger partial charge in [0.25, 0.3) is 0 Å². The molecule has 3 rings (SSSR count). The predicted molar refractivity (Wildman–Crippen MR) is 97.1 cm³/mol. The van der Waals surface area contributed by atoms with Gasteiger partial charge in [0.1, 0.15) is 34.7 Å². The van der Waals surface area contributed by atoms with Gasteiger partial charge in [0.05, 0.1) is 16.0 Å². The van der Waals surface area contributed by atoms with Gasteiger partial charge in [-0.1, -0.05) is 12.1 Å². The van der Waals surface area contributed by atoms with Crippen molar-refractivity contribution in [2.24, 2.45) is 5.92 Å². The molecule has 0 radical (unpaired) electrons. The van der Waals surface area contributed by atoms with E-state index in [1.807, 2.05) is 4.31 Å². The van der Waals surface area contributed by atoms with Gasteiger partial charge in [-0.3, -0.25) is 0 Å². The second-order valence-electron chi connectivity index (χ2n) is 5.86. The number of phenols is 1. The van der Waals surface area contributed by atoms with Gasteiger partial charge in [-0.2, -0.15) is 10.5 Å². The Balaban J connectivity index is 0.000000223. The molecule has 1 fully saturated rings. The number of rotatable bonds is 3. The summed E-state index contributed by atoms with van der Waals surface area (Å²) in [6.07, 6.45) is 0.858. The van der Waals surface area contributed by atoms with Gasteiger partial charge >= 0.3 is 0 Å². The summed E-state index contributed by atoms with van der Waals surface area (Å²) >= 11 is 0. The minimum absolute atomic E-state index is 0.0576. The van der Waals surface area contributed by atoms with Crippen LogP contribution in [-0.4, -0.2) is 38.4 Å². The van der Waals surface area contributed by atoms with Crippen molar-refractivity contribution in [2.45, 2.75) is 11.3 Å². The van der Waals surface area contributed by atoms with Crippen LogP contribution in [0, 0.1) is 34.4 Å². The van der Waals surface area contributed by atoms with Gasteiger partial charge in [0.2, 0.25) is 0 Å². The minimum atomic E-state index is -1.29. The number of aliphatic hydroxyl groups excluding tert-OH is 1. The summed E-state index contributed by atoms with van der Waals surface area (Å²) in [6, 6.07) is 14.0. The predicted octanol–water partition coefficient (Wildman–Crippen LogP) is 2.30. The van der Waals surface area contributed by atoms with Crippen molar-refractivity contribution in [3.05, 3.63) is 59.4 Å². The van der Waals surface area contributed by atoms with Crippen molar-refractivity contribution in [3.63, 3.8) is 0 Å². The van der Waals surface area contributed by atoms with Crippen LogP contribution in [0.1, 0.15) is 17.5 Å². The number of nitriles is 2. The lowest BCUT2D eigenvalue weighted by atomic mass is 10.1. The fourth-order valence-corrected chi connectivity index (χ4v) is 3.93. The highest BCUT2D eigenvalue weighted by atomic mass is 32.2. The number of hydrogen-bond acceptors (Lipinski definition) is 5. The molecule has 2 aromatic rings. The molecule has 1 heterocycles. The van der Waals surface area contributed by atoms with Crippen LogP contribution < -0.4 is 0 Å². The minimum Gasteiger partial charge on any atom is -0.508 e. The number of halogens is 1. The lowest BCUT2D eigenvalue weighted by Gasteiger charge is -2.15. The third-order valence-electron chi connectivity index (χ3n) is 4.01. The molecule has 8 heteroatoms. The quantitative estimate of drug-likeness (QED) is 0.840. The van der Waals surface area contributed by atoms with Crippen molar-refractivity contribution in [3.8, 4) is 17.9 Å². The van der Waals surface area contributed by atoms with Gasteiger partial charge in [-0.25, -0.2) is 12.9 Å². The average Bonchev–Trinajstić information content (AvgIpc) is 3.17. The van der Waals surface area contributed by atoms with Crippen LogP contribution in [0.4, 0.5) is 4.39 Å². The van der Waals surface area contributed by atoms with Crippen molar-refractivity contribution in [2.75, 3.05) is 19.7 Å². The number of nitrogens with zero attached hydrogens (tertiary/aromatic N) is 3. The maximum atomic E-state index is 12.5. The Hall–Kier alpha value is -2.78. The molecule has 0 amide bonds. The molecular formula is C19H18FN3O3S. The van der Waals surface area contributed by atoms with Gasteiger partial charge in [0, 0.05) is 25.8 Å². The first-order valence-corrected chi connectivity index (χ1v) is 9.26. The van der Waals surface area contributed by atoms with Crippen molar-refractivity contribution < 1.29 is 18.8 Å². The largest absolute Gasteiger partial charge is 0.508 e. The lowest BCUT2D eigenvalue weighted by Crippen LogP contribution is -2.24. The second-order valence-corrected chi connectivity index (χ2v) is 7.31. The van der Waals surface area contributed by atoms with Gasteiger partial charge < -0.3 is 10.2 Å². The zero-order valence-electron chi connectivity index (χ0n) is 14.4. The highest BCUT2D eigenvalue weighted by molar-refractivity contribution is 7.82. The number of aliphatic hydroxyl groups is 1. The van der Waals surface area contributed by atoms with Crippen LogP contribution in [0.25, 0.3) is 0 Å². The fourth-order valence-electron chi connectivity index (χ4n) is 2.54. The smallest absolute Gasteiger partial charge is 0.144 e. The Labute approximate surface area is 159 Å². The first kappa shape index (κ1) is 20.5. The summed E-state index contributed by atoms with van der Waals surface area (Å²) in [5, 5.41) is 34.9. The molecule has 1 aliphatic heterocycles. The maximum Gasteiger partial charge on any atom is 0.144 e. The Morgan fingerprint density at radius 3 is 2.48 bits per heavy atom. The van der Waals surface area contributed by atoms with Crippen LogP contribution in [-0.2, 0) is 11.0 Å². The molecule has 1 aliphatic rings. The summed E-state index contributed by atoms with van der Waals surface area (Å²) < 4.78 is 26.6. The molecule has 2 aromatic carbocycles. The van der Waals surface area contributed by atoms with Crippen LogP contribution in [0.2, 0.25) is 0 Å². The van der Waals surface area contributed by atoms with Gasteiger partial charge in [-0.05, 0) is 36.6 Å². The molecule has 0 aromatic heterocycles. The highest BCUT2D eigenvalue weighted by Crippen LogP contribution is 2.22. The summed E-state index contributed by atoms with van der Waals surface area (Å²) in [5.74, 6) is -0.660. The van der Waals surface area contributed by atoms with E-state index in [9.17, 15) is 8.60 Å². The molecule has 2 atom stereocenters. The zero-order valence-corrected chi connectivity index (χ0v) is 15.2. The number of aromatic hydroxyl groups is 1. The van der Waals surface area contributed by atoms with E-state index < -0.39 is 16.8 Å². The molecule has 6 nitrogen and oxygen atoms in total. The third kappa shape index (κ3) is 5.35. The van der Waals surface area contributed by atoms with E-state index in [1.54, 1.807) is 30.3 Å². The van der Waals surface area contributed by atoms with Crippen LogP contribution >= 0.6 is 0 Å². The lowest BCUT2D eigenvalue weighted by molar-refractivity contribution is 0.233. The molecule has 0 bridgehead atoms. The van der Waals surface area contributed by atoms with Crippen molar-refractivity contribution in [1.29, 1.82) is 10.5 Å². The Morgan fingerprint density at radius 1 is 1.19 bits per heavy atom. The molecule has 2 N–H and O–H groups in total. The van der Waals surface area contributed by atoms with Crippen molar-refractivity contribution in [1.82, 2.24) is 4.31 Å². The first-order valence-electron chi connectivity index (χ1n) is 8.15. The molecule has 2 unspecified atom stereocenters. The molecule has 0 spiro atoms. The number of hydrogen-bond donors (Lipinski definition) is 2. The molecule has 0 aliphatic carbocycles. The van der Waals surface area contributed by atoms with Gasteiger partial charge in [0.15, 0.2) is 0 Å². The van der Waals surface area contributed by atoms with E-state index in [1.165, 1.54) is 12.1 Å². The molecule has 140 valence electrons. The normalized spacial score (nSPS) is 17.3. The van der Waals surface area contributed by atoms with E-state index >= 15 is 0 Å². The fraction of sp³-hybridized carbons (Fsp3) is 0.263. The van der Waals surface area contributed by atoms with Gasteiger partial charge in [-0.15, -0.1) is 0 Å². The second kappa shape index (κ2) is 9.79. The standard InChI is InChI=1S/C12H14N2O2S.C7H4FNO/c13-7-11-3-1-2-4-12(11)17(16)14-6-5-10(8-14)9-15;8-7-3-6(10)2-1-5(7)4-9/h1-4,10,15H,5-6,8-9H2;1-3,10H. The van der Waals surface area contributed by atoms with Crippen LogP contribution in [0.5, 0.6) is 5.75 Å². The Kier molecular flexibility index (Phi) is 7.44. The van der Waals surface area contributed by atoms with E-state index in [-0.39, 0.29) is 23.8 Å². The molecule has 1 saturated heterocycles. The van der Waals surface area contributed by atoms with E-state index in [2.05, 4.69) is 6.07 Å². The summed E-state index contributed by atoms with van der Waals surface area (Å²) in [7, 11) is -1.29. The monoisotopic (exact) mass is 387 g/mol.